The second-order valence-electron chi connectivity index (χ2n) is 5.08. The van der Waals surface area contributed by atoms with Gasteiger partial charge in [-0.25, -0.2) is 0 Å². The van der Waals surface area contributed by atoms with E-state index < -0.39 is 17.2 Å². The molecule has 6 nitrogen and oxygen atoms in total. The fourth-order valence-corrected chi connectivity index (χ4v) is 3.82. The van der Waals surface area contributed by atoms with Crippen LogP contribution in [-0.2, 0) is 22.6 Å². The van der Waals surface area contributed by atoms with Crippen molar-refractivity contribution in [2.75, 3.05) is 33.0 Å². The van der Waals surface area contributed by atoms with Crippen LogP contribution in [-0.4, -0.2) is 33.0 Å². The van der Waals surface area contributed by atoms with E-state index in [9.17, 15) is 0 Å². The second kappa shape index (κ2) is 13.0. The Balaban J connectivity index is 0.000000177. The third-order valence-corrected chi connectivity index (χ3v) is 5.31. The Kier molecular flexibility index (Phi) is 10.8. The smallest absolute Gasteiger partial charge is 0.397 e. The monoisotopic (exact) mass is 376 g/mol. The highest BCUT2D eigenvalue weighted by atomic mass is 31.2. The van der Waals surface area contributed by atoms with Gasteiger partial charge in [-0.3, -0.25) is 0 Å². The van der Waals surface area contributed by atoms with Gasteiger partial charge in [0.1, 0.15) is 5.75 Å². The first-order valence-electron chi connectivity index (χ1n) is 8.36. The summed E-state index contributed by atoms with van der Waals surface area (Å²) in [4.78, 5) is 0. The molecular formula is C16H26O6P2. The maximum atomic E-state index is 5.48. The first-order valence-corrected chi connectivity index (χ1v) is 10.6. The fourth-order valence-electron chi connectivity index (χ4n) is 1.73. The zero-order valence-electron chi connectivity index (χ0n) is 14.1. The van der Waals surface area contributed by atoms with E-state index in [0.717, 1.165) is 64.5 Å². The molecule has 0 saturated carbocycles. The molecule has 2 fully saturated rings. The van der Waals surface area contributed by atoms with Gasteiger partial charge in [0.05, 0.1) is 33.0 Å². The highest BCUT2D eigenvalue weighted by Crippen LogP contribution is 2.43. The van der Waals surface area contributed by atoms with E-state index in [1.807, 2.05) is 30.3 Å². The van der Waals surface area contributed by atoms with Gasteiger partial charge < -0.3 is 27.1 Å². The van der Waals surface area contributed by atoms with Crippen molar-refractivity contribution in [3.63, 3.8) is 0 Å². The molecule has 1 aromatic rings. The third kappa shape index (κ3) is 8.68. The summed E-state index contributed by atoms with van der Waals surface area (Å²) in [6.07, 6.45) is 4.20. The Morgan fingerprint density at radius 2 is 1.46 bits per heavy atom. The van der Waals surface area contributed by atoms with Crippen LogP contribution in [0.5, 0.6) is 5.75 Å². The summed E-state index contributed by atoms with van der Waals surface area (Å²) >= 11 is 0. The maximum Gasteiger partial charge on any atom is 0.397 e. The molecule has 2 saturated heterocycles. The molecule has 0 spiro atoms. The molecule has 0 atom stereocenters. The van der Waals surface area contributed by atoms with Crippen LogP contribution in [0.25, 0.3) is 0 Å². The van der Waals surface area contributed by atoms with Gasteiger partial charge in [-0.2, -0.15) is 0 Å². The van der Waals surface area contributed by atoms with Gasteiger partial charge in [0.2, 0.25) is 0 Å². The lowest BCUT2D eigenvalue weighted by Crippen LogP contribution is -2.07. The first kappa shape index (κ1) is 20.0. The summed E-state index contributed by atoms with van der Waals surface area (Å²) in [5, 5.41) is 0. The van der Waals surface area contributed by atoms with E-state index in [1.54, 1.807) is 0 Å². The highest BCUT2D eigenvalue weighted by Gasteiger charge is 2.18. The van der Waals surface area contributed by atoms with Crippen molar-refractivity contribution < 1.29 is 27.1 Å². The summed E-state index contributed by atoms with van der Waals surface area (Å²) < 4.78 is 31.9. The van der Waals surface area contributed by atoms with E-state index in [1.165, 1.54) is 0 Å². The predicted molar refractivity (Wildman–Crippen MR) is 94.8 cm³/mol. The molecule has 3 rings (SSSR count). The molecule has 1 aromatic carbocycles. The molecule has 8 heteroatoms. The van der Waals surface area contributed by atoms with Crippen molar-refractivity contribution in [2.24, 2.45) is 0 Å². The SMILES string of the molecule is CCCCOP1OCCCO1.c1ccc(OP2OCCCO2)cc1. The van der Waals surface area contributed by atoms with E-state index in [2.05, 4.69) is 6.92 Å². The van der Waals surface area contributed by atoms with Gasteiger partial charge in [0.25, 0.3) is 0 Å². The summed E-state index contributed by atoms with van der Waals surface area (Å²) in [7, 11) is -2.13. The Bertz CT molecular complexity index is 410. The fraction of sp³-hybridized carbons (Fsp3) is 0.625. The van der Waals surface area contributed by atoms with Crippen LogP contribution in [0.15, 0.2) is 30.3 Å². The van der Waals surface area contributed by atoms with Crippen molar-refractivity contribution in [2.45, 2.75) is 32.6 Å². The summed E-state index contributed by atoms with van der Waals surface area (Å²) in [5.74, 6) is 0.801. The van der Waals surface area contributed by atoms with Gasteiger partial charge in [0.15, 0.2) is 0 Å². The standard InChI is InChI=1S/C9H11O3P.C7H15O3P/c1-2-5-9(6-3-1)12-13-10-7-4-8-11-13;1-2-3-5-8-11-9-6-4-7-10-11/h1-3,5-6H,4,7-8H2;2-7H2,1H3. The molecule has 0 unspecified atom stereocenters. The Morgan fingerprint density at radius 3 is 2.04 bits per heavy atom. The minimum Gasteiger partial charge on any atom is -0.427 e. The van der Waals surface area contributed by atoms with Crippen molar-refractivity contribution in [3.05, 3.63) is 30.3 Å². The van der Waals surface area contributed by atoms with Crippen LogP contribution in [0, 0.1) is 0 Å². The van der Waals surface area contributed by atoms with E-state index in [0.29, 0.717) is 0 Å². The Morgan fingerprint density at radius 1 is 0.875 bits per heavy atom. The van der Waals surface area contributed by atoms with Crippen LogP contribution in [0.3, 0.4) is 0 Å². The molecule has 0 radical (unpaired) electrons. The zero-order chi connectivity index (χ0) is 16.9. The molecule has 136 valence electrons. The van der Waals surface area contributed by atoms with E-state index >= 15 is 0 Å². The highest BCUT2D eigenvalue weighted by molar-refractivity contribution is 7.42. The topological polar surface area (TPSA) is 55.4 Å². The molecule has 0 aliphatic carbocycles. The Labute approximate surface area is 146 Å². The number of hydrogen-bond acceptors (Lipinski definition) is 6. The normalized spacial score (nSPS) is 19.4. The molecule has 0 bridgehead atoms. The van der Waals surface area contributed by atoms with Gasteiger partial charge >= 0.3 is 17.2 Å². The van der Waals surface area contributed by atoms with Crippen molar-refractivity contribution >= 4 is 17.2 Å². The summed E-state index contributed by atoms with van der Waals surface area (Å²) in [5.41, 5.74) is 0. The molecule has 0 N–H and O–H groups in total. The number of rotatable bonds is 6. The number of para-hydroxylation sites is 1. The second-order valence-corrected chi connectivity index (χ2v) is 7.45. The zero-order valence-corrected chi connectivity index (χ0v) is 15.9. The average molecular weight is 376 g/mol. The quantitative estimate of drug-likeness (QED) is 0.503. The van der Waals surface area contributed by atoms with E-state index in [4.69, 9.17) is 27.1 Å². The third-order valence-electron chi connectivity index (χ3n) is 2.98. The maximum absolute atomic E-state index is 5.48. The van der Waals surface area contributed by atoms with Gasteiger partial charge in [-0.15, -0.1) is 0 Å². The summed E-state index contributed by atoms with van der Waals surface area (Å²) in [6, 6.07) is 9.58. The van der Waals surface area contributed by atoms with Crippen LogP contribution in [0.2, 0.25) is 0 Å². The van der Waals surface area contributed by atoms with Gasteiger partial charge in [0, 0.05) is 0 Å². The predicted octanol–water partition coefficient (Wildman–Crippen LogP) is 5.20. The van der Waals surface area contributed by atoms with Crippen LogP contribution in [0.4, 0.5) is 0 Å². The molecule has 0 amide bonds. The van der Waals surface area contributed by atoms with Crippen molar-refractivity contribution in [3.8, 4) is 5.75 Å². The number of unbranched alkanes of at least 4 members (excludes halogenated alkanes) is 1. The Hall–Kier alpha value is -0.320. The molecular weight excluding hydrogens is 350 g/mol. The van der Waals surface area contributed by atoms with Crippen LogP contribution < -0.4 is 4.52 Å². The minimum absolute atomic E-state index is 0.735. The lowest BCUT2D eigenvalue weighted by atomic mass is 10.3. The summed E-state index contributed by atoms with van der Waals surface area (Å²) in [6.45, 7) is 5.95. The van der Waals surface area contributed by atoms with E-state index in [-0.39, 0.29) is 0 Å². The lowest BCUT2D eigenvalue weighted by molar-refractivity contribution is 0.115. The molecule has 24 heavy (non-hydrogen) atoms. The first-order chi connectivity index (χ1) is 11.9. The lowest BCUT2D eigenvalue weighted by Gasteiger charge is -2.20. The molecule has 2 aliphatic heterocycles. The molecule has 0 aromatic heterocycles. The van der Waals surface area contributed by atoms with Gasteiger partial charge in [-0.05, 0) is 31.4 Å². The van der Waals surface area contributed by atoms with Crippen LogP contribution in [0.1, 0.15) is 32.6 Å². The molecule has 2 heterocycles. The van der Waals surface area contributed by atoms with Gasteiger partial charge in [-0.1, -0.05) is 31.5 Å². The van der Waals surface area contributed by atoms with Crippen molar-refractivity contribution in [1.29, 1.82) is 0 Å². The minimum atomic E-state index is -1.15. The average Bonchev–Trinajstić information content (AvgIpc) is 2.65. The van der Waals surface area contributed by atoms with Crippen LogP contribution >= 0.6 is 17.2 Å². The number of hydrogen-bond donors (Lipinski definition) is 0. The van der Waals surface area contributed by atoms with Crippen molar-refractivity contribution in [1.82, 2.24) is 0 Å². The largest absolute Gasteiger partial charge is 0.427 e. The number of benzene rings is 1. The molecule has 2 aliphatic rings.